The lowest BCUT2D eigenvalue weighted by Crippen LogP contribution is -2.48. The quantitative estimate of drug-likeness (QED) is 0.0350. The van der Waals surface area contributed by atoms with E-state index in [-0.39, 0.29) is 97.3 Å². The largest absolute Gasteiger partial charge is 0.345 e. The van der Waals surface area contributed by atoms with Crippen LogP contribution in [0.15, 0.2) is 97.6 Å². The zero-order valence-electron chi connectivity index (χ0n) is 64.3. The van der Waals surface area contributed by atoms with Gasteiger partial charge in [-0.15, -0.1) is 47.0 Å². The van der Waals surface area contributed by atoms with E-state index >= 15 is 4.79 Å². The van der Waals surface area contributed by atoms with Gasteiger partial charge in [-0.2, -0.15) is 0 Å². The van der Waals surface area contributed by atoms with Gasteiger partial charge in [0.05, 0.1) is 34.5 Å². The van der Waals surface area contributed by atoms with Crippen molar-refractivity contribution in [1.82, 2.24) is 59.5 Å². The first-order valence-corrected chi connectivity index (χ1v) is 43.0. The number of hydrogen-bond acceptors (Lipinski definition) is 12. The van der Waals surface area contributed by atoms with E-state index in [0.29, 0.717) is 24.6 Å². The van der Waals surface area contributed by atoms with Crippen molar-refractivity contribution in [3.8, 4) is 23.7 Å². The smallest absolute Gasteiger partial charge is 0.239 e. The van der Waals surface area contributed by atoms with Gasteiger partial charge >= 0.3 is 0 Å². The normalized spacial score (nSPS) is 24.7. The highest BCUT2D eigenvalue weighted by Gasteiger charge is 2.65. The highest BCUT2D eigenvalue weighted by molar-refractivity contribution is 8.09. The molecular formula is C86H106N12O4S4. The maximum atomic E-state index is 15.1. The van der Waals surface area contributed by atoms with E-state index in [0.717, 1.165) is 153 Å². The minimum absolute atomic E-state index is 0.00441. The lowest BCUT2D eigenvalue weighted by atomic mass is 9.84. The van der Waals surface area contributed by atoms with E-state index in [9.17, 15) is 14.4 Å². The number of piperidine rings is 1. The van der Waals surface area contributed by atoms with Crippen LogP contribution in [0.3, 0.4) is 0 Å². The maximum Gasteiger partial charge on any atom is 0.239 e. The van der Waals surface area contributed by atoms with Crippen molar-refractivity contribution < 1.29 is 19.2 Å². The molecule has 6 aliphatic heterocycles. The first-order valence-electron chi connectivity index (χ1n) is 38.8. The predicted octanol–water partition coefficient (Wildman–Crippen LogP) is 16.4. The van der Waals surface area contributed by atoms with Crippen LogP contribution in [0.2, 0.25) is 0 Å². The average Bonchev–Trinajstić information content (AvgIpc) is 1.54. The van der Waals surface area contributed by atoms with Crippen LogP contribution < -0.4 is 0 Å². The molecule has 558 valence electrons. The van der Waals surface area contributed by atoms with E-state index in [2.05, 4.69) is 208 Å². The van der Waals surface area contributed by atoms with Gasteiger partial charge in [-0.1, -0.05) is 130 Å². The summed E-state index contributed by atoms with van der Waals surface area (Å²) in [5, 5.41) is 4.64. The second-order valence-corrected chi connectivity index (χ2v) is 38.2. The summed E-state index contributed by atoms with van der Waals surface area (Å²) in [7, 11) is 0. The molecule has 0 aliphatic carbocycles. The third kappa shape index (κ3) is 14.8. The fourth-order valence-corrected chi connectivity index (χ4v) is 22.1. The van der Waals surface area contributed by atoms with Gasteiger partial charge in [0.1, 0.15) is 49.7 Å². The number of H-pyrrole nitrogens is 4. The van der Waals surface area contributed by atoms with E-state index in [1.54, 1.807) is 47.7 Å². The van der Waals surface area contributed by atoms with Crippen LogP contribution in [-0.2, 0) is 54.5 Å². The Kier molecular flexibility index (Phi) is 21.8. The van der Waals surface area contributed by atoms with Crippen molar-refractivity contribution in [2.75, 3.05) is 38.7 Å². The number of likely N-dealkylation sites (tertiary alicyclic amines) is 4. The molecule has 10 heterocycles. The van der Waals surface area contributed by atoms with Gasteiger partial charge in [-0.3, -0.25) is 19.2 Å². The van der Waals surface area contributed by atoms with Gasteiger partial charge in [0, 0.05) is 77.7 Å². The van der Waals surface area contributed by atoms with E-state index in [4.69, 9.17) is 19.9 Å². The molecule has 11 atom stereocenters. The number of nitrogens with zero attached hydrogens (tertiary/aromatic N) is 8. The Hall–Kier alpha value is -7.36. The molecule has 0 bridgehead atoms. The molecular weight excluding hydrogens is 1390 g/mol. The predicted molar refractivity (Wildman–Crippen MR) is 433 cm³/mol. The fraction of sp³-hybridized carbons (Fsp3) is 0.535. The molecule has 20 heteroatoms. The minimum Gasteiger partial charge on any atom is -0.345 e. The first-order chi connectivity index (χ1) is 50.8. The number of carbonyl (C=O) groups is 4. The number of amides is 4. The number of aromatic amines is 4. The summed E-state index contributed by atoms with van der Waals surface area (Å²) in [5.74, 6) is 18.4. The Labute approximate surface area is 644 Å². The molecule has 4 aromatic carbocycles. The lowest BCUT2D eigenvalue weighted by Gasteiger charge is -2.39. The molecule has 0 spiro atoms. The molecule has 4 N–H and O–H groups in total. The first kappa shape index (κ1) is 75.5. The van der Waals surface area contributed by atoms with Gasteiger partial charge in [0.2, 0.25) is 23.6 Å². The highest BCUT2D eigenvalue weighted by Crippen LogP contribution is 2.67. The van der Waals surface area contributed by atoms with Crippen molar-refractivity contribution in [2.45, 2.75) is 202 Å². The number of carbonyl (C=O) groups excluding carboxylic acids is 4. The summed E-state index contributed by atoms with van der Waals surface area (Å²) in [6.07, 6.45) is 22.4. The van der Waals surface area contributed by atoms with Crippen LogP contribution in [-0.4, -0.2) is 142 Å². The Morgan fingerprint density at radius 3 is 1.78 bits per heavy atom. The standard InChI is InChI=1S/C86H106N12O4S4/c1-51(2)72(52(3)4)77(100)98-50-61(45-86(98,104-14)80-90-49-69(94-80)35-27-60-23-31-63-41-57(20-29-65(63)44-60)24-32-66-46-87-74(91-66)70-18-15-37-95(70)78(101)73-83(11,105-73)53(5)6)40-55(9)56(10)76(99)97-39-17-36-85(82(97)106-85)79-89-48-68(93-79)34-26-59-22-30-62-42-58(21-28-64(62)43-59)25-33-67-47-88-75(92-67)71-19-16-38-96(71)81(102)84(12,103-13)54(7)8/h20-23,28-31,41-44,46-49,51-56,61,70-73,82H,15-19,25-26,33-34,36-40,45,50H2,1-14H3,(H,87,91)(H,88,92)(H,89,93)(H,90,94). The van der Waals surface area contributed by atoms with Crippen LogP contribution in [0.5, 0.6) is 0 Å². The molecule has 4 aromatic heterocycles. The van der Waals surface area contributed by atoms with E-state index in [1.807, 2.05) is 47.4 Å². The Morgan fingerprint density at radius 2 is 1.17 bits per heavy atom. The van der Waals surface area contributed by atoms with E-state index in [1.165, 1.54) is 21.9 Å². The molecule has 0 saturated carbocycles. The number of thioether (sulfide) groups is 4. The van der Waals surface area contributed by atoms with Gasteiger partial charge in [-0.05, 0) is 208 Å². The fourth-order valence-electron chi connectivity index (χ4n) is 17.5. The van der Waals surface area contributed by atoms with Gasteiger partial charge in [-0.25, -0.2) is 19.9 Å². The number of imidazole rings is 4. The molecule has 16 nitrogen and oxygen atoms in total. The van der Waals surface area contributed by atoms with Crippen molar-refractivity contribution in [1.29, 1.82) is 0 Å². The van der Waals surface area contributed by atoms with E-state index < -0.39 is 9.62 Å². The molecule has 8 aromatic rings. The van der Waals surface area contributed by atoms with Gasteiger partial charge in [0.15, 0.2) is 0 Å². The summed E-state index contributed by atoms with van der Waals surface area (Å²) in [6.45, 7) is 28.8. The zero-order valence-corrected chi connectivity index (χ0v) is 67.6. The monoisotopic (exact) mass is 1500 g/mol. The molecule has 4 amide bonds. The number of nitrogens with one attached hydrogen (secondary N) is 4. The molecule has 0 radical (unpaired) electrons. The number of fused-ring (bicyclic) bond motifs is 3. The number of hydrogen-bond donors (Lipinski definition) is 4. The van der Waals surface area contributed by atoms with Crippen molar-refractivity contribution >= 4 is 92.2 Å². The maximum absolute atomic E-state index is 15.1. The number of benzene rings is 4. The second-order valence-electron chi connectivity index (χ2n) is 32.8. The Balaban J connectivity index is 0.580. The minimum atomic E-state index is -0.745. The third-order valence-corrected chi connectivity index (χ3v) is 31.1. The topological polar surface area (TPSA) is 196 Å². The summed E-state index contributed by atoms with van der Waals surface area (Å²) < 4.78 is -0.672. The number of aromatic nitrogens is 8. The van der Waals surface area contributed by atoms with Crippen molar-refractivity contribution in [3.05, 3.63) is 166 Å². The number of rotatable bonds is 23. The van der Waals surface area contributed by atoms with Gasteiger partial charge < -0.3 is 39.5 Å². The van der Waals surface area contributed by atoms with Crippen molar-refractivity contribution in [2.24, 2.45) is 47.3 Å². The second kappa shape index (κ2) is 30.6. The summed E-state index contributed by atoms with van der Waals surface area (Å²) in [6, 6.07) is 26.0. The zero-order chi connectivity index (χ0) is 74.7. The highest BCUT2D eigenvalue weighted by atomic mass is 32.2. The Bertz CT molecular complexity index is 4730. The SMILES string of the molecule is CSC(C)(C(=O)N1CCCC1c1ncc(CCc2ccc3cc(CCc4cnc(C56CCCN(C(=O)C(C)C(C)CC7CN(C(=O)C(C(C)C)C(C)C)C(SC)(c8ncc(C#Cc9ccc%10cc(C#Cc%11cnc(C%12CCCN%12C(=O)C%12SC%12(C)C(C)C)[nH]%11)ccc%10c9)[nH]8)C7)C5S6)[nH]4)ccc3c2)[nH]1)C(C)C. The molecule has 11 unspecified atom stereocenters. The average molecular weight is 1500 g/mol. The number of aryl methyl sites for hydroxylation is 4. The van der Waals surface area contributed by atoms with Crippen LogP contribution in [0.4, 0.5) is 0 Å². The van der Waals surface area contributed by atoms with Gasteiger partial charge in [0.25, 0.3) is 0 Å². The molecule has 6 aliphatic rings. The van der Waals surface area contributed by atoms with Crippen molar-refractivity contribution in [3.63, 3.8) is 0 Å². The van der Waals surface area contributed by atoms with Crippen LogP contribution in [0.25, 0.3) is 21.5 Å². The van der Waals surface area contributed by atoms with Crippen LogP contribution in [0.1, 0.15) is 215 Å². The molecule has 14 rings (SSSR count). The Morgan fingerprint density at radius 1 is 0.613 bits per heavy atom. The third-order valence-electron chi connectivity index (χ3n) is 24.8. The lowest BCUT2D eigenvalue weighted by molar-refractivity contribution is -0.141. The molecule has 106 heavy (non-hydrogen) atoms. The van der Waals surface area contributed by atoms with Crippen LogP contribution in [0, 0.1) is 71.0 Å². The summed E-state index contributed by atoms with van der Waals surface area (Å²) in [4.78, 5) is 99.1. The summed E-state index contributed by atoms with van der Waals surface area (Å²) in [5.41, 5.74) is 7.95. The molecule has 6 fully saturated rings. The summed E-state index contributed by atoms with van der Waals surface area (Å²) >= 11 is 6.99. The van der Waals surface area contributed by atoms with Crippen LogP contribution >= 0.6 is 47.0 Å². The molecule has 6 saturated heterocycles.